The summed E-state index contributed by atoms with van der Waals surface area (Å²) >= 11 is 1.51. The molecule has 6 nitrogen and oxygen atoms in total. The Morgan fingerprint density at radius 3 is 2.84 bits per heavy atom. The molecule has 0 bridgehead atoms. The zero-order valence-electron chi connectivity index (χ0n) is 10.2. The molecule has 0 radical (unpaired) electrons. The Bertz CT molecular complexity index is 650. The molecule has 0 saturated heterocycles. The van der Waals surface area contributed by atoms with Crippen LogP contribution in [0.15, 0.2) is 30.9 Å². The van der Waals surface area contributed by atoms with Crippen LogP contribution in [0.2, 0.25) is 0 Å². The van der Waals surface area contributed by atoms with E-state index in [-0.39, 0.29) is 0 Å². The van der Waals surface area contributed by atoms with Crippen LogP contribution in [0, 0.1) is 0 Å². The first kappa shape index (κ1) is 11.8. The van der Waals surface area contributed by atoms with E-state index in [4.69, 9.17) is 4.74 Å². The molecule has 0 saturated carbocycles. The predicted octanol–water partition coefficient (Wildman–Crippen LogP) is 2.39. The molecule has 3 aromatic rings. The lowest BCUT2D eigenvalue weighted by Gasteiger charge is -1.99. The number of nitrogens with one attached hydrogen (secondary N) is 1. The quantitative estimate of drug-likeness (QED) is 0.789. The van der Waals surface area contributed by atoms with Gasteiger partial charge < -0.3 is 4.74 Å². The van der Waals surface area contributed by atoms with Crippen molar-refractivity contribution in [3.8, 4) is 27.2 Å². The van der Waals surface area contributed by atoms with Crippen molar-refractivity contribution < 1.29 is 4.74 Å². The van der Waals surface area contributed by atoms with E-state index in [9.17, 15) is 0 Å². The summed E-state index contributed by atoms with van der Waals surface area (Å²) in [4.78, 5) is 13.5. The highest BCUT2D eigenvalue weighted by Gasteiger charge is 2.17. The first-order valence-electron chi connectivity index (χ1n) is 5.78. The van der Waals surface area contributed by atoms with Crippen LogP contribution in [0.25, 0.3) is 21.3 Å². The first-order valence-corrected chi connectivity index (χ1v) is 6.60. The minimum Gasteiger partial charge on any atom is -0.477 e. The number of H-pyrrole nitrogens is 1. The van der Waals surface area contributed by atoms with Crippen LogP contribution < -0.4 is 4.74 Å². The van der Waals surface area contributed by atoms with Gasteiger partial charge in [-0.1, -0.05) is 0 Å². The van der Waals surface area contributed by atoms with E-state index in [0.717, 1.165) is 15.4 Å². The van der Waals surface area contributed by atoms with Crippen molar-refractivity contribution in [1.29, 1.82) is 0 Å². The Hall–Kier alpha value is -2.28. The number of thiazole rings is 1. The maximum Gasteiger partial charge on any atom is 0.236 e. The normalized spacial score (nSPS) is 10.6. The van der Waals surface area contributed by atoms with Gasteiger partial charge in [0.2, 0.25) is 5.88 Å². The number of hydrogen-bond donors (Lipinski definition) is 1. The Labute approximate surface area is 113 Å². The van der Waals surface area contributed by atoms with Crippen LogP contribution in [0.1, 0.15) is 6.92 Å². The summed E-state index contributed by atoms with van der Waals surface area (Å²) in [7, 11) is 0. The molecule has 19 heavy (non-hydrogen) atoms. The molecular weight excluding hydrogens is 262 g/mol. The van der Waals surface area contributed by atoms with E-state index in [1.165, 1.54) is 17.7 Å². The number of nitrogens with zero attached hydrogens (tertiary/aromatic N) is 4. The zero-order valence-corrected chi connectivity index (χ0v) is 11.0. The largest absolute Gasteiger partial charge is 0.477 e. The lowest BCUT2D eigenvalue weighted by Crippen LogP contribution is -1.93. The average Bonchev–Trinajstić information content (AvgIpc) is 3.09. The van der Waals surface area contributed by atoms with E-state index >= 15 is 0 Å². The lowest BCUT2D eigenvalue weighted by molar-refractivity contribution is 0.330. The van der Waals surface area contributed by atoms with Gasteiger partial charge in [-0.2, -0.15) is 5.10 Å². The SMILES string of the molecule is CCOc1nc(-c2ccncc2)sc1-c1ncn[nH]1. The number of aromatic nitrogens is 5. The van der Waals surface area contributed by atoms with Gasteiger partial charge in [0.05, 0.1) is 6.61 Å². The van der Waals surface area contributed by atoms with Crippen molar-refractivity contribution in [2.45, 2.75) is 6.92 Å². The number of ether oxygens (including phenoxy) is 1. The average molecular weight is 273 g/mol. The molecule has 3 rings (SSSR count). The Morgan fingerprint density at radius 2 is 2.16 bits per heavy atom. The highest BCUT2D eigenvalue weighted by atomic mass is 32.1. The van der Waals surface area contributed by atoms with E-state index in [0.29, 0.717) is 18.3 Å². The molecule has 3 heterocycles. The fourth-order valence-electron chi connectivity index (χ4n) is 1.62. The van der Waals surface area contributed by atoms with Gasteiger partial charge >= 0.3 is 0 Å². The summed E-state index contributed by atoms with van der Waals surface area (Å²) in [6.07, 6.45) is 4.95. The van der Waals surface area contributed by atoms with Crippen LogP contribution in [0.4, 0.5) is 0 Å². The molecule has 0 aliphatic carbocycles. The number of rotatable bonds is 4. The topological polar surface area (TPSA) is 76.6 Å². The molecule has 0 unspecified atom stereocenters. The number of aromatic amines is 1. The van der Waals surface area contributed by atoms with E-state index in [1.807, 2.05) is 19.1 Å². The van der Waals surface area contributed by atoms with Gasteiger partial charge in [0, 0.05) is 18.0 Å². The highest BCUT2D eigenvalue weighted by Crippen LogP contribution is 2.37. The van der Waals surface area contributed by atoms with Gasteiger partial charge in [0.1, 0.15) is 16.2 Å². The van der Waals surface area contributed by atoms with Crippen LogP contribution >= 0.6 is 11.3 Å². The Balaban J connectivity index is 2.07. The van der Waals surface area contributed by atoms with Gasteiger partial charge in [0.25, 0.3) is 0 Å². The summed E-state index contributed by atoms with van der Waals surface area (Å²) in [5.41, 5.74) is 1.01. The lowest BCUT2D eigenvalue weighted by atomic mass is 10.3. The smallest absolute Gasteiger partial charge is 0.236 e. The Morgan fingerprint density at radius 1 is 1.32 bits per heavy atom. The van der Waals surface area contributed by atoms with E-state index in [2.05, 4.69) is 25.1 Å². The molecule has 1 N–H and O–H groups in total. The zero-order chi connectivity index (χ0) is 13.1. The third-order valence-electron chi connectivity index (χ3n) is 2.43. The molecule has 0 amide bonds. The summed E-state index contributed by atoms with van der Waals surface area (Å²) in [6.45, 7) is 2.48. The molecular formula is C12H11N5OS. The van der Waals surface area contributed by atoms with Crippen LogP contribution in [0.5, 0.6) is 5.88 Å². The minimum atomic E-state index is 0.556. The second-order valence-electron chi connectivity index (χ2n) is 3.66. The molecule has 3 aromatic heterocycles. The van der Waals surface area contributed by atoms with Gasteiger partial charge in [0.15, 0.2) is 5.82 Å². The molecule has 0 aromatic carbocycles. The van der Waals surface area contributed by atoms with Gasteiger partial charge in [-0.25, -0.2) is 9.97 Å². The number of hydrogen-bond acceptors (Lipinski definition) is 6. The molecule has 0 spiro atoms. The third kappa shape index (κ3) is 2.32. The predicted molar refractivity (Wildman–Crippen MR) is 71.9 cm³/mol. The van der Waals surface area contributed by atoms with Crippen LogP contribution in [-0.4, -0.2) is 31.8 Å². The van der Waals surface area contributed by atoms with Crippen molar-refractivity contribution in [3.63, 3.8) is 0 Å². The molecule has 7 heteroatoms. The molecule has 96 valence electrons. The molecule has 0 aliphatic rings. The third-order valence-corrected chi connectivity index (χ3v) is 3.53. The van der Waals surface area contributed by atoms with Gasteiger partial charge in [-0.3, -0.25) is 10.1 Å². The fraction of sp³-hybridized carbons (Fsp3) is 0.167. The van der Waals surface area contributed by atoms with Crippen LogP contribution in [-0.2, 0) is 0 Å². The summed E-state index contributed by atoms with van der Waals surface area (Å²) in [5.74, 6) is 1.25. The van der Waals surface area contributed by atoms with Gasteiger partial charge in [-0.15, -0.1) is 11.3 Å². The Kier molecular flexibility index (Phi) is 3.20. The molecule has 0 atom stereocenters. The van der Waals surface area contributed by atoms with Gasteiger partial charge in [-0.05, 0) is 19.1 Å². The van der Waals surface area contributed by atoms with E-state index < -0.39 is 0 Å². The monoisotopic (exact) mass is 273 g/mol. The van der Waals surface area contributed by atoms with Crippen molar-refractivity contribution >= 4 is 11.3 Å². The summed E-state index contributed by atoms with van der Waals surface area (Å²) in [6, 6.07) is 3.83. The van der Waals surface area contributed by atoms with Crippen molar-refractivity contribution in [1.82, 2.24) is 25.1 Å². The highest BCUT2D eigenvalue weighted by molar-refractivity contribution is 7.18. The standard InChI is InChI=1S/C12H11N5OS/c1-2-18-11-9(10-14-7-15-17-10)19-12(16-11)8-3-5-13-6-4-8/h3-7H,2H2,1H3,(H,14,15,17). The fourth-order valence-corrected chi connectivity index (χ4v) is 2.59. The summed E-state index contributed by atoms with van der Waals surface area (Å²) < 4.78 is 5.56. The van der Waals surface area contributed by atoms with Crippen molar-refractivity contribution in [2.24, 2.45) is 0 Å². The second-order valence-corrected chi connectivity index (χ2v) is 4.66. The van der Waals surface area contributed by atoms with Crippen molar-refractivity contribution in [2.75, 3.05) is 6.61 Å². The molecule has 0 aliphatic heterocycles. The van der Waals surface area contributed by atoms with Crippen molar-refractivity contribution in [3.05, 3.63) is 30.9 Å². The minimum absolute atomic E-state index is 0.556. The maximum atomic E-state index is 5.56. The second kappa shape index (κ2) is 5.15. The maximum absolute atomic E-state index is 5.56. The van der Waals surface area contributed by atoms with Crippen LogP contribution in [0.3, 0.4) is 0 Å². The molecule has 0 fully saturated rings. The number of pyridine rings is 1. The summed E-state index contributed by atoms with van der Waals surface area (Å²) in [5, 5.41) is 7.57. The van der Waals surface area contributed by atoms with E-state index in [1.54, 1.807) is 12.4 Å². The first-order chi connectivity index (χ1) is 9.38.